The van der Waals surface area contributed by atoms with Crippen molar-refractivity contribution >= 4 is 11.9 Å². The van der Waals surface area contributed by atoms with Crippen molar-refractivity contribution < 1.29 is 24.2 Å². The third kappa shape index (κ3) is 6.66. The smallest absolute Gasteiger partial charge is 0.308 e. The van der Waals surface area contributed by atoms with Crippen LogP contribution in [0.5, 0.6) is 11.5 Å². The van der Waals surface area contributed by atoms with Gasteiger partial charge in [0.15, 0.2) is 18.1 Å². The van der Waals surface area contributed by atoms with Crippen LogP contribution in [0.4, 0.5) is 0 Å². The maximum atomic E-state index is 12.0. The molecule has 0 fully saturated rings. The van der Waals surface area contributed by atoms with Gasteiger partial charge in [-0.15, -0.1) is 0 Å². The number of amides is 1. The van der Waals surface area contributed by atoms with Crippen LogP contribution in [0.25, 0.3) is 0 Å². The van der Waals surface area contributed by atoms with E-state index in [9.17, 15) is 14.7 Å². The third-order valence-electron chi connectivity index (χ3n) is 3.97. The largest absolute Gasteiger partial charge is 0.490 e. The summed E-state index contributed by atoms with van der Waals surface area (Å²) < 4.78 is 10.9. The highest BCUT2D eigenvalue weighted by molar-refractivity contribution is 5.78. The van der Waals surface area contributed by atoms with E-state index in [1.54, 1.807) is 18.2 Å². The van der Waals surface area contributed by atoms with E-state index < -0.39 is 11.9 Å². The number of aryl methyl sites for hydroxylation is 1. The van der Waals surface area contributed by atoms with E-state index in [2.05, 4.69) is 5.32 Å². The van der Waals surface area contributed by atoms with Crippen LogP contribution in [0.1, 0.15) is 18.1 Å². The molecular formula is C21H25NO5. The quantitative estimate of drug-likeness (QED) is 0.671. The number of carbonyl (C=O) groups is 2. The van der Waals surface area contributed by atoms with E-state index in [-0.39, 0.29) is 19.1 Å². The summed E-state index contributed by atoms with van der Waals surface area (Å²) in [5, 5.41) is 12.1. The third-order valence-corrected chi connectivity index (χ3v) is 3.97. The highest BCUT2D eigenvalue weighted by atomic mass is 16.5. The molecule has 1 unspecified atom stereocenters. The minimum atomic E-state index is -0.945. The van der Waals surface area contributed by atoms with E-state index >= 15 is 0 Å². The molecule has 0 aliphatic carbocycles. The zero-order valence-electron chi connectivity index (χ0n) is 15.6. The van der Waals surface area contributed by atoms with Crippen LogP contribution in [0.2, 0.25) is 0 Å². The molecule has 2 rings (SSSR count). The number of carboxylic acids is 1. The van der Waals surface area contributed by atoms with Gasteiger partial charge in [0.2, 0.25) is 0 Å². The number of aliphatic carboxylic acids is 1. The molecule has 0 aliphatic rings. The molecule has 6 nitrogen and oxygen atoms in total. The first-order valence-electron chi connectivity index (χ1n) is 8.89. The number of hydrogen-bond acceptors (Lipinski definition) is 4. The monoisotopic (exact) mass is 371 g/mol. The summed E-state index contributed by atoms with van der Waals surface area (Å²) >= 11 is 0. The van der Waals surface area contributed by atoms with Crippen LogP contribution in [0.15, 0.2) is 48.5 Å². The molecule has 0 aliphatic heterocycles. The molecule has 2 aromatic carbocycles. The molecule has 1 amide bonds. The lowest BCUT2D eigenvalue weighted by Crippen LogP contribution is -2.36. The van der Waals surface area contributed by atoms with Gasteiger partial charge in [-0.1, -0.05) is 42.0 Å². The predicted molar refractivity (Wildman–Crippen MR) is 102 cm³/mol. The molecule has 0 bridgehead atoms. The first-order chi connectivity index (χ1) is 13.0. The van der Waals surface area contributed by atoms with Crippen LogP contribution in [-0.4, -0.2) is 36.7 Å². The van der Waals surface area contributed by atoms with E-state index in [0.29, 0.717) is 24.5 Å². The molecule has 2 aromatic rings. The van der Waals surface area contributed by atoms with Crippen LogP contribution >= 0.6 is 0 Å². The lowest BCUT2D eigenvalue weighted by atomic mass is 9.98. The Morgan fingerprint density at radius 2 is 1.78 bits per heavy atom. The zero-order chi connectivity index (χ0) is 19.6. The van der Waals surface area contributed by atoms with Gasteiger partial charge in [0.1, 0.15) is 0 Å². The summed E-state index contributed by atoms with van der Waals surface area (Å²) in [7, 11) is 0. The average molecular weight is 371 g/mol. The van der Waals surface area contributed by atoms with Crippen molar-refractivity contribution in [3.8, 4) is 11.5 Å². The van der Waals surface area contributed by atoms with Crippen molar-refractivity contribution in [1.82, 2.24) is 5.32 Å². The molecule has 0 heterocycles. The van der Waals surface area contributed by atoms with Crippen LogP contribution < -0.4 is 14.8 Å². The first kappa shape index (κ1) is 20.3. The van der Waals surface area contributed by atoms with E-state index in [0.717, 1.165) is 11.1 Å². The Morgan fingerprint density at radius 1 is 1.07 bits per heavy atom. The molecule has 0 aromatic heterocycles. The fourth-order valence-electron chi connectivity index (χ4n) is 2.65. The number of hydrogen-bond donors (Lipinski definition) is 2. The normalized spacial score (nSPS) is 11.5. The summed E-state index contributed by atoms with van der Waals surface area (Å²) in [5.74, 6) is -0.984. The lowest BCUT2D eigenvalue weighted by Gasteiger charge is -2.15. The maximum Gasteiger partial charge on any atom is 0.308 e. The van der Waals surface area contributed by atoms with Gasteiger partial charge >= 0.3 is 5.97 Å². The van der Waals surface area contributed by atoms with Gasteiger partial charge in [-0.05, 0) is 38.0 Å². The van der Waals surface area contributed by atoms with Crippen LogP contribution in [0, 0.1) is 12.8 Å². The highest BCUT2D eigenvalue weighted by Gasteiger charge is 2.19. The van der Waals surface area contributed by atoms with Crippen molar-refractivity contribution in [1.29, 1.82) is 0 Å². The number of nitrogens with one attached hydrogen (secondary N) is 1. The SMILES string of the molecule is CCOc1ccccc1OCC(=O)NCC(Cc1cccc(C)c1)C(=O)O. The van der Waals surface area contributed by atoms with Crippen LogP contribution in [-0.2, 0) is 16.0 Å². The van der Waals surface area contributed by atoms with Crippen molar-refractivity contribution in [2.24, 2.45) is 5.92 Å². The maximum absolute atomic E-state index is 12.0. The van der Waals surface area contributed by atoms with Gasteiger partial charge < -0.3 is 19.9 Å². The lowest BCUT2D eigenvalue weighted by molar-refractivity contribution is -0.141. The standard InChI is InChI=1S/C21H25NO5/c1-3-26-18-9-4-5-10-19(18)27-14-20(23)22-13-17(21(24)25)12-16-8-6-7-15(2)11-16/h4-11,17H,3,12-14H2,1-2H3,(H,22,23)(H,24,25). The molecule has 2 N–H and O–H groups in total. The number of ether oxygens (including phenoxy) is 2. The van der Waals surface area contributed by atoms with Gasteiger partial charge in [0, 0.05) is 6.54 Å². The molecule has 0 radical (unpaired) electrons. The molecule has 6 heteroatoms. The number of benzene rings is 2. The molecule has 144 valence electrons. The number of para-hydroxylation sites is 2. The Kier molecular flexibility index (Phi) is 7.67. The molecule has 27 heavy (non-hydrogen) atoms. The molecule has 0 saturated carbocycles. The average Bonchev–Trinajstić information content (AvgIpc) is 2.64. The summed E-state index contributed by atoms with van der Waals surface area (Å²) in [6, 6.07) is 14.8. The van der Waals surface area contributed by atoms with E-state index in [1.165, 1.54) is 0 Å². The zero-order valence-corrected chi connectivity index (χ0v) is 15.6. The predicted octanol–water partition coefficient (Wildman–Crippen LogP) is 2.83. The molecule has 1 atom stereocenters. The van der Waals surface area contributed by atoms with Crippen molar-refractivity contribution in [3.63, 3.8) is 0 Å². The van der Waals surface area contributed by atoms with Gasteiger partial charge in [-0.3, -0.25) is 9.59 Å². The second-order valence-electron chi connectivity index (χ2n) is 6.20. The minimum absolute atomic E-state index is 0.0403. The Labute approximate surface area is 159 Å². The van der Waals surface area contributed by atoms with Gasteiger partial charge in [0.25, 0.3) is 5.91 Å². The van der Waals surface area contributed by atoms with Gasteiger partial charge in [0.05, 0.1) is 12.5 Å². The number of carboxylic acid groups (broad SMARTS) is 1. The second-order valence-corrected chi connectivity index (χ2v) is 6.20. The van der Waals surface area contributed by atoms with Gasteiger partial charge in [-0.2, -0.15) is 0 Å². The summed E-state index contributed by atoms with van der Waals surface area (Å²) in [5.41, 5.74) is 2.00. The number of carbonyl (C=O) groups excluding carboxylic acids is 1. The van der Waals surface area contributed by atoms with Crippen molar-refractivity contribution in [2.75, 3.05) is 19.8 Å². The molecule has 0 spiro atoms. The highest BCUT2D eigenvalue weighted by Crippen LogP contribution is 2.26. The molecular weight excluding hydrogens is 346 g/mol. The Balaban J connectivity index is 1.86. The van der Waals surface area contributed by atoms with E-state index in [1.807, 2.05) is 44.2 Å². The van der Waals surface area contributed by atoms with Crippen LogP contribution in [0.3, 0.4) is 0 Å². The summed E-state index contributed by atoms with van der Waals surface area (Å²) in [4.78, 5) is 23.5. The minimum Gasteiger partial charge on any atom is -0.490 e. The van der Waals surface area contributed by atoms with Crippen molar-refractivity contribution in [3.05, 3.63) is 59.7 Å². The topological polar surface area (TPSA) is 84.9 Å². The Bertz CT molecular complexity index is 775. The van der Waals surface area contributed by atoms with Gasteiger partial charge in [-0.25, -0.2) is 0 Å². The second kappa shape index (κ2) is 10.2. The Morgan fingerprint density at radius 3 is 2.41 bits per heavy atom. The molecule has 0 saturated heterocycles. The first-order valence-corrected chi connectivity index (χ1v) is 8.89. The fraction of sp³-hybridized carbons (Fsp3) is 0.333. The Hall–Kier alpha value is -3.02. The van der Waals surface area contributed by atoms with Crippen molar-refractivity contribution in [2.45, 2.75) is 20.3 Å². The number of rotatable bonds is 10. The fourth-order valence-corrected chi connectivity index (χ4v) is 2.65. The summed E-state index contributed by atoms with van der Waals surface area (Å²) in [6.07, 6.45) is 0.353. The summed E-state index contributed by atoms with van der Waals surface area (Å²) in [6.45, 7) is 4.15. The van der Waals surface area contributed by atoms with E-state index in [4.69, 9.17) is 9.47 Å².